The third kappa shape index (κ3) is 5.09. The zero-order valence-electron chi connectivity index (χ0n) is 19.5. The maximum absolute atomic E-state index is 13.6. The zero-order chi connectivity index (χ0) is 23.5. The third-order valence-corrected chi connectivity index (χ3v) is 8.92. The van der Waals surface area contributed by atoms with E-state index in [1.165, 1.54) is 34.2 Å². The zero-order valence-corrected chi connectivity index (χ0v) is 21.2. The lowest BCUT2D eigenvalue weighted by molar-refractivity contribution is -0.118. The molecule has 0 spiro atoms. The Morgan fingerprint density at radius 1 is 1.26 bits per heavy atom. The van der Waals surface area contributed by atoms with Gasteiger partial charge in [-0.15, -0.1) is 11.3 Å². The number of aromatic nitrogens is 2. The molecule has 3 aromatic rings. The molecule has 2 aliphatic rings. The Balaban J connectivity index is 1.34. The first-order chi connectivity index (χ1) is 16.6. The first-order valence-electron chi connectivity index (χ1n) is 12.2. The number of thioether (sulfide) groups is 1. The van der Waals surface area contributed by atoms with Gasteiger partial charge >= 0.3 is 0 Å². The summed E-state index contributed by atoms with van der Waals surface area (Å²) in [6.45, 7) is 3.93. The standard InChI is InChI=1S/C26H31N3O3S2/c1-17(18-8-3-2-4-9-18)14-27-22(30)16-33-26-28-24-23(20-11-5-6-12-21(20)34-24)25(31)29(26)15-19-10-7-13-32-19/h2-4,8-9,17,19H,5-7,10-16H2,1H3,(H,27,30). The van der Waals surface area contributed by atoms with E-state index in [0.29, 0.717) is 18.2 Å². The molecule has 34 heavy (non-hydrogen) atoms. The molecule has 5 rings (SSSR count). The van der Waals surface area contributed by atoms with Crippen molar-refractivity contribution >= 4 is 39.2 Å². The van der Waals surface area contributed by atoms with Crippen LogP contribution in [0.3, 0.4) is 0 Å². The molecule has 1 aliphatic carbocycles. The highest BCUT2D eigenvalue weighted by molar-refractivity contribution is 7.99. The molecule has 2 unspecified atom stereocenters. The highest BCUT2D eigenvalue weighted by atomic mass is 32.2. The van der Waals surface area contributed by atoms with E-state index in [-0.39, 0.29) is 29.2 Å². The van der Waals surface area contributed by atoms with Gasteiger partial charge in [-0.25, -0.2) is 4.98 Å². The van der Waals surface area contributed by atoms with Crippen LogP contribution in [0.2, 0.25) is 0 Å². The summed E-state index contributed by atoms with van der Waals surface area (Å²) in [5.41, 5.74) is 2.43. The molecule has 180 valence electrons. The minimum absolute atomic E-state index is 0.0282. The molecule has 3 heterocycles. The highest BCUT2D eigenvalue weighted by Gasteiger charge is 2.25. The van der Waals surface area contributed by atoms with E-state index in [0.717, 1.165) is 48.9 Å². The van der Waals surface area contributed by atoms with Crippen LogP contribution in [0.4, 0.5) is 0 Å². The van der Waals surface area contributed by atoms with Crippen molar-refractivity contribution in [1.82, 2.24) is 14.9 Å². The lowest BCUT2D eigenvalue weighted by Crippen LogP contribution is -2.31. The van der Waals surface area contributed by atoms with Crippen molar-refractivity contribution in [3.63, 3.8) is 0 Å². The summed E-state index contributed by atoms with van der Waals surface area (Å²) in [5.74, 6) is 0.423. The summed E-state index contributed by atoms with van der Waals surface area (Å²) in [7, 11) is 0. The fraction of sp³-hybridized carbons (Fsp3) is 0.500. The van der Waals surface area contributed by atoms with Crippen molar-refractivity contribution in [2.45, 2.75) is 69.2 Å². The maximum atomic E-state index is 13.6. The predicted octanol–water partition coefficient (Wildman–Crippen LogP) is 4.53. The number of rotatable bonds is 8. The Labute approximate surface area is 208 Å². The van der Waals surface area contributed by atoms with Crippen molar-refractivity contribution in [3.05, 3.63) is 56.7 Å². The van der Waals surface area contributed by atoms with Gasteiger partial charge in [-0.1, -0.05) is 49.0 Å². The highest BCUT2D eigenvalue weighted by Crippen LogP contribution is 2.35. The summed E-state index contributed by atoms with van der Waals surface area (Å²) < 4.78 is 7.60. The molecule has 1 N–H and O–H groups in total. The van der Waals surface area contributed by atoms with E-state index in [9.17, 15) is 9.59 Å². The Kier molecular flexibility index (Phi) is 7.37. The van der Waals surface area contributed by atoms with Gasteiger partial charge in [0.05, 0.1) is 23.8 Å². The van der Waals surface area contributed by atoms with Gasteiger partial charge in [0.2, 0.25) is 5.91 Å². The van der Waals surface area contributed by atoms with Crippen LogP contribution >= 0.6 is 23.1 Å². The number of aryl methyl sites for hydroxylation is 2. The number of benzene rings is 1. The van der Waals surface area contributed by atoms with Crippen LogP contribution in [0, 0.1) is 0 Å². The SMILES string of the molecule is CC(CNC(=O)CSc1nc2sc3c(c2c(=O)n1CC1CCCO1)CCCC3)c1ccccc1. The molecule has 6 nitrogen and oxygen atoms in total. The van der Waals surface area contributed by atoms with Crippen molar-refractivity contribution in [1.29, 1.82) is 0 Å². The molecule has 0 bridgehead atoms. The van der Waals surface area contributed by atoms with Crippen LogP contribution in [0.25, 0.3) is 10.2 Å². The van der Waals surface area contributed by atoms with E-state index in [2.05, 4.69) is 24.4 Å². The number of hydrogen-bond donors (Lipinski definition) is 1. The van der Waals surface area contributed by atoms with Gasteiger partial charge in [-0.05, 0) is 55.6 Å². The first kappa shape index (κ1) is 23.6. The molecule has 1 aliphatic heterocycles. The van der Waals surface area contributed by atoms with Crippen LogP contribution < -0.4 is 10.9 Å². The lowest BCUT2D eigenvalue weighted by Gasteiger charge is -2.17. The number of hydrogen-bond acceptors (Lipinski definition) is 6. The van der Waals surface area contributed by atoms with Crippen molar-refractivity contribution in [2.75, 3.05) is 18.9 Å². The minimum atomic E-state index is -0.0451. The molecule has 0 radical (unpaired) electrons. The number of fused-ring (bicyclic) bond motifs is 3. The molecule has 2 atom stereocenters. The normalized spacial score (nSPS) is 18.7. The Hall–Kier alpha value is -2.16. The minimum Gasteiger partial charge on any atom is -0.376 e. The largest absolute Gasteiger partial charge is 0.376 e. The second-order valence-electron chi connectivity index (χ2n) is 9.24. The topological polar surface area (TPSA) is 73.2 Å². The number of nitrogens with one attached hydrogen (secondary N) is 1. The summed E-state index contributed by atoms with van der Waals surface area (Å²) in [6.07, 6.45) is 6.30. The van der Waals surface area contributed by atoms with Crippen LogP contribution in [-0.2, 0) is 28.9 Å². The number of amides is 1. The Morgan fingerprint density at radius 2 is 2.09 bits per heavy atom. The maximum Gasteiger partial charge on any atom is 0.263 e. The van der Waals surface area contributed by atoms with Gasteiger partial charge in [0.1, 0.15) is 4.83 Å². The lowest BCUT2D eigenvalue weighted by atomic mass is 9.97. The molecule has 1 aromatic carbocycles. The van der Waals surface area contributed by atoms with Crippen LogP contribution in [0.5, 0.6) is 0 Å². The average Bonchev–Trinajstić information content (AvgIpc) is 3.51. The van der Waals surface area contributed by atoms with Gasteiger partial charge < -0.3 is 10.1 Å². The van der Waals surface area contributed by atoms with Crippen molar-refractivity contribution in [2.24, 2.45) is 0 Å². The quantitative estimate of drug-likeness (QED) is 0.366. The van der Waals surface area contributed by atoms with Crippen molar-refractivity contribution < 1.29 is 9.53 Å². The molecule has 1 amide bonds. The predicted molar refractivity (Wildman–Crippen MR) is 138 cm³/mol. The number of nitrogens with zero attached hydrogens (tertiary/aromatic N) is 2. The Bertz CT molecular complexity index is 1220. The Morgan fingerprint density at radius 3 is 2.88 bits per heavy atom. The molecule has 8 heteroatoms. The molecule has 1 fully saturated rings. The summed E-state index contributed by atoms with van der Waals surface area (Å²) in [4.78, 5) is 33.3. The third-order valence-electron chi connectivity index (χ3n) is 6.76. The number of thiophene rings is 1. The number of carbonyl (C=O) groups excluding carboxylic acids is 1. The number of carbonyl (C=O) groups is 1. The smallest absolute Gasteiger partial charge is 0.263 e. The second-order valence-corrected chi connectivity index (χ2v) is 11.3. The number of ether oxygens (including phenoxy) is 1. The first-order valence-corrected chi connectivity index (χ1v) is 14.0. The van der Waals surface area contributed by atoms with E-state index in [4.69, 9.17) is 9.72 Å². The summed E-state index contributed by atoms with van der Waals surface area (Å²) in [5, 5.41) is 4.46. The van der Waals surface area contributed by atoms with Crippen LogP contribution in [-0.4, -0.2) is 40.5 Å². The fourth-order valence-corrected chi connectivity index (χ4v) is 6.97. The molecular formula is C26H31N3O3S2. The average molecular weight is 498 g/mol. The monoisotopic (exact) mass is 497 g/mol. The molecule has 0 saturated carbocycles. The van der Waals surface area contributed by atoms with E-state index >= 15 is 0 Å². The van der Waals surface area contributed by atoms with Crippen LogP contribution in [0.1, 0.15) is 54.5 Å². The van der Waals surface area contributed by atoms with Gasteiger partial charge in [0.25, 0.3) is 5.56 Å². The van der Waals surface area contributed by atoms with E-state index in [1.807, 2.05) is 18.2 Å². The molecular weight excluding hydrogens is 466 g/mol. The molecule has 2 aromatic heterocycles. The van der Waals surface area contributed by atoms with E-state index in [1.54, 1.807) is 15.9 Å². The van der Waals surface area contributed by atoms with E-state index < -0.39 is 0 Å². The summed E-state index contributed by atoms with van der Waals surface area (Å²) >= 11 is 3.01. The molecule has 1 saturated heterocycles. The van der Waals surface area contributed by atoms with Crippen LogP contribution in [0.15, 0.2) is 40.3 Å². The van der Waals surface area contributed by atoms with Gasteiger partial charge in [0, 0.05) is 18.0 Å². The van der Waals surface area contributed by atoms with Gasteiger partial charge in [0.15, 0.2) is 5.16 Å². The van der Waals surface area contributed by atoms with Gasteiger partial charge in [-0.3, -0.25) is 14.2 Å². The fourth-order valence-electron chi connectivity index (χ4n) is 4.83. The van der Waals surface area contributed by atoms with Crippen molar-refractivity contribution in [3.8, 4) is 0 Å². The second kappa shape index (κ2) is 10.6. The summed E-state index contributed by atoms with van der Waals surface area (Å²) in [6, 6.07) is 10.2. The van der Waals surface area contributed by atoms with Gasteiger partial charge in [-0.2, -0.15) is 0 Å².